The van der Waals surface area contributed by atoms with Gasteiger partial charge in [0.1, 0.15) is 11.2 Å². The number of hydrogen-bond acceptors (Lipinski definition) is 6. The molecule has 0 fully saturated rings. The molecule has 21 heavy (non-hydrogen) atoms. The SMILES string of the molecule is Cc1[nH]nc(C(=O)O)c1S(=O)(=O)NCCc1ncn(C)n1. The second-order valence-corrected chi connectivity index (χ2v) is 6.02. The molecule has 114 valence electrons. The van der Waals surface area contributed by atoms with Crippen molar-refractivity contribution in [1.29, 1.82) is 0 Å². The Balaban J connectivity index is 2.12. The molecule has 0 bridgehead atoms. The highest BCUT2D eigenvalue weighted by molar-refractivity contribution is 7.89. The third kappa shape index (κ3) is 3.25. The van der Waals surface area contributed by atoms with Gasteiger partial charge in [-0.1, -0.05) is 0 Å². The molecule has 2 aromatic rings. The van der Waals surface area contributed by atoms with E-state index in [1.165, 1.54) is 17.9 Å². The molecule has 11 heteroatoms. The minimum absolute atomic E-state index is 0.0516. The molecular formula is C10H14N6O4S. The van der Waals surface area contributed by atoms with Crippen molar-refractivity contribution < 1.29 is 18.3 Å². The molecule has 0 atom stereocenters. The van der Waals surface area contributed by atoms with Crippen LogP contribution in [0.3, 0.4) is 0 Å². The van der Waals surface area contributed by atoms with Gasteiger partial charge in [-0.25, -0.2) is 22.9 Å². The van der Waals surface area contributed by atoms with Gasteiger partial charge in [-0.2, -0.15) is 10.2 Å². The van der Waals surface area contributed by atoms with Crippen LogP contribution in [0.25, 0.3) is 0 Å². The Bertz CT molecular complexity index is 762. The van der Waals surface area contributed by atoms with Gasteiger partial charge in [-0.15, -0.1) is 0 Å². The molecule has 0 saturated carbocycles. The molecule has 2 rings (SSSR count). The Kier molecular flexibility index (Phi) is 4.04. The normalized spacial score (nSPS) is 11.7. The van der Waals surface area contributed by atoms with Gasteiger partial charge in [0, 0.05) is 20.0 Å². The molecular weight excluding hydrogens is 300 g/mol. The molecule has 0 radical (unpaired) electrons. The van der Waals surface area contributed by atoms with Crippen LogP contribution in [0.1, 0.15) is 22.0 Å². The van der Waals surface area contributed by atoms with Gasteiger partial charge >= 0.3 is 5.97 Å². The predicted octanol–water partition coefficient (Wildman–Crippen LogP) is -0.934. The van der Waals surface area contributed by atoms with Crippen LogP contribution < -0.4 is 4.72 Å². The average molecular weight is 314 g/mol. The standard InChI is InChI=1S/C10H14N6O4S/c1-6-9(8(10(17)18)14-13-6)21(19,20)12-4-3-7-11-5-16(2)15-7/h5,12H,3-4H2,1-2H3,(H,13,14)(H,17,18). The molecule has 3 N–H and O–H groups in total. The van der Waals surface area contributed by atoms with E-state index in [4.69, 9.17) is 5.11 Å². The summed E-state index contributed by atoms with van der Waals surface area (Å²) in [5, 5.41) is 18.8. The van der Waals surface area contributed by atoms with Crippen LogP contribution in [-0.2, 0) is 23.5 Å². The molecule has 0 aliphatic heterocycles. The molecule has 0 spiro atoms. The second-order valence-electron chi connectivity index (χ2n) is 4.31. The summed E-state index contributed by atoms with van der Waals surface area (Å²) in [5.41, 5.74) is -0.369. The number of nitrogens with one attached hydrogen (secondary N) is 2. The van der Waals surface area contributed by atoms with Crippen molar-refractivity contribution in [1.82, 2.24) is 29.7 Å². The van der Waals surface area contributed by atoms with E-state index in [1.54, 1.807) is 7.05 Å². The third-order valence-electron chi connectivity index (χ3n) is 2.65. The highest BCUT2D eigenvalue weighted by atomic mass is 32.2. The van der Waals surface area contributed by atoms with E-state index in [0.29, 0.717) is 12.2 Å². The van der Waals surface area contributed by atoms with E-state index in [1.807, 2.05) is 0 Å². The summed E-state index contributed by atoms with van der Waals surface area (Å²) in [6.45, 7) is 1.49. The monoisotopic (exact) mass is 314 g/mol. The Morgan fingerprint density at radius 2 is 2.24 bits per heavy atom. The van der Waals surface area contributed by atoms with E-state index < -0.39 is 21.7 Å². The highest BCUT2D eigenvalue weighted by Crippen LogP contribution is 2.17. The number of hydrogen-bond donors (Lipinski definition) is 3. The first kappa shape index (κ1) is 15.1. The Labute approximate surface area is 120 Å². The first-order valence-electron chi connectivity index (χ1n) is 5.93. The number of aryl methyl sites for hydroxylation is 2. The van der Waals surface area contributed by atoms with Crippen LogP contribution in [0.4, 0.5) is 0 Å². The number of H-pyrrole nitrogens is 1. The maximum Gasteiger partial charge on any atom is 0.357 e. The lowest BCUT2D eigenvalue weighted by Gasteiger charge is -2.05. The molecule has 0 amide bonds. The second kappa shape index (κ2) is 5.61. The topological polar surface area (TPSA) is 143 Å². The summed E-state index contributed by atoms with van der Waals surface area (Å²) in [6, 6.07) is 0. The number of rotatable bonds is 6. The van der Waals surface area contributed by atoms with Gasteiger partial charge in [-0.3, -0.25) is 9.78 Å². The largest absolute Gasteiger partial charge is 0.476 e. The molecule has 2 heterocycles. The Morgan fingerprint density at radius 3 is 2.81 bits per heavy atom. The summed E-state index contributed by atoms with van der Waals surface area (Å²) in [6.07, 6.45) is 1.80. The van der Waals surface area contributed by atoms with Crippen molar-refractivity contribution in [3.05, 3.63) is 23.5 Å². The van der Waals surface area contributed by atoms with E-state index in [-0.39, 0.29) is 17.1 Å². The maximum absolute atomic E-state index is 12.2. The van der Waals surface area contributed by atoms with Gasteiger partial charge < -0.3 is 5.11 Å². The van der Waals surface area contributed by atoms with E-state index >= 15 is 0 Å². The van der Waals surface area contributed by atoms with Crippen LogP contribution in [-0.4, -0.2) is 51.0 Å². The molecule has 0 saturated heterocycles. The van der Waals surface area contributed by atoms with E-state index in [9.17, 15) is 13.2 Å². The minimum atomic E-state index is -3.97. The predicted molar refractivity (Wildman–Crippen MR) is 70.2 cm³/mol. The van der Waals surface area contributed by atoms with Crippen LogP contribution in [0.5, 0.6) is 0 Å². The van der Waals surface area contributed by atoms with Crippen LogP contribution >= 0.6 is 0 Å². The van der Waals surface area contributed by atoms with Gasteiger partial charge in [0.05, 0.1) is 5.69 Å². The van der Waals surface area contributed by atoms with Gasteiger partial charge in [-0.05, 0) is 6.92 Å². The lowest BCUT2D eigenvalue weighted by Crippen LogP contribution is -2.28. The van der Waals surface area contributed by atoms with Crippen molar-refractivity contribution >= 4 is 16.0 Å². The average Bonchev–Trinajstić information content (AvgIpc) is 2.95. The fourth-order valence-corrected chi connectivity index (χ4v) is 3.11. The number of carboxylic acid groups (broad SMARTS) is 1. The van der Waals surface area contributed by atoms with Crippen molar-refractivity contribution in [3.63, 3.8) is 0 Å². The third-order valence-corrected chi connectivity index (χ3v) is 4.27. The smallest absolute Gasteiger partial charge is 0.357 e. The number of carboxylic acids is 1. The van der Waals surface area contributed by atoms with Crippen LogP contribution in [0, 0.1) is 6.92 Å². The van der Waals surface area contributed by atoms with E-state index in [2.05, 4.69) is 25.0 Å². The lowest BCUT2D eigenvalue weighted by atomic mass is 10.4. The minimum Gasteiger partial charge on any atom is -0.476 e. The summed E-state index contributed by atoms with van der Waals surface area (Å²) in [5.74, 6) is -0.923. The highest BCUT2D eigenvalue weighted by Gasteiger charge is 2.27. The zero-order valence-electron chi connectivity index (χ0n) is 11.4. The number of aromatic amines is 1. The summed E-state index contributed by atoms with van der Waals surface area (Å²) >= 11 is 0. The number of aromatic nitrogens is 5. The van der Waals surface area contributed by atoms with Gasteiger partial charge in [0.2, 0.25) is 10.0 Å². The lowest BCUT2D eigenvalue weighted by molar-refractivity contribution is 0.0686. The first-order chi connectivity index (χ1) is 9.81. The summed E-state index contributed by atoms with van der Waals surface area (Å²) < 4.78 is 28.1. The zero-order valence-corrected chi connectivity index (χ0v) is 12.2. The number of nitrogens with zero attached hydrogens (tertiary/aromatic N) is 4. The molecule has 0 aliphatic carbocycles. The van der Waals surface area contributed by atoms with Crippen molar-refractivity contribution in [2.45, 2.75) is 18.2 Å². The summed E-state index contributed by atoms with van der Waals surface area (Å²) in [7, 11) is -2.27. The maximum atomic E-state index is 12.2. The van der Waals surface area contributed by atoms with Crippen LogP contribution in [0.15, 0.2) is 11.2 Å². The molecule has 0 unspecified atom stereocenters. The molecule has 0 aromatic carbocycles. The molecule has 2 aromatic heterocycles. The number of sulfonamides is 1. The number of carbonyl (C=O) groups is 1. The van der Waals surface area contributed by atoms with Crippen molar-refractivity contribution in [2.75, 3.05) is 6.54 Å². The van der Waals surface area contributed by atoms with Crippen molar-refractivity contribution in [2.24, 2.45) is 7.05 Å². The Hall–Kier alpha value is -2.27. The zero-order chi connectivity index (χ0) is 15.6. The van der Waals surface area contributed by atoms with Crippen molar-refractivity contribution in [3.8, 4) is 0 Å². The number of aromatic carboxylic acids is 1. The molecule has 10 nitrogen and oxygen atoms in total. The first-order valence-corrected chi connectivity index (χ1v) is 7.42. The van der Waals surface area contributed by atoms with E-state index in [0.717, 1.165) is 0 Å². The van der Waals surface area contributed by atoms with Gasteiger partial charge in [0.15, 0.2) is 11.5 Å². The quantitative estimate of drug-likeness (QED) is 0.624. The summed E-state index contributed by atoms with van der Waals surface area (Å²) in [4.78, 5) is 14.6. The van der Waals surface area contributed by atoms with Gasteiger partial charge in [0.25, 0.3) is 0 Å². The molecule has 0 aliphatic rings. The fraction of sp³-hybridized carbons (Fsp3) is 0.400. The Morgan fingerprint density at radius 1 is 1.52 bits per heavy atom. The fourth-order valence-electron chi connectivity index (χ4n) is 1.76. The van der Waals surface area contributed by atoms with Crippen LogP contribution in [0.2, 0.25) is 0 Å².